The van der Waals surface area contributed by atoms with Crippen LogP contribution in [0.4, 0.5) is 5.69 Å². The number of para-hydroxylation sites is 1. The van der Waals surface area contributed by atoms with E-state index in [4.69, 9.17) is 4.74 Å². The van der Waals surface area contributed by atoms with Crippen molar-refractivity contribution >= 4 is 23.0 Å². The fourth-order valence-electron chi connectivity index (χ4n) is 2.40. The molecule has 4 nitrogen and oxygen atoms in total. The first-order chi connectivity index (χ1) is 9.75. The first-order valence-electron chi connectivity index (χ1n) is 6.51. The maximum atomic E-state index is 11.2. The van der Waals surface area contributed by atoms with Gasteiger partial charge >= 0.3 is 5.97 Å². The van der Waals surface area contributed by atoms with Crippen molar-refractivity contribution in [2.24, 2.45) is 0 Å². The standard InChI is InChI=1S/C15H15NO3S/c17-15(18)12-2-1-3-13-14(12)19-8-7-16(13)6-4-11-5-9-20-10-11/h1-3,5,9-10H,4,6-8H2,(H,17,18). The number of ether oxygens (including phenoxy) is 1. The number of hydrogen-bond donors (Lipinski definition) is 1. The van der Waals surface area contributed by atoms with Gasteiger partial charge in [0.25, 0.3) is 0 Å². The van der Waals surface area contributed by atoms with Crippen LogP contribution in [0.1, 0.15) is 15.9 Å². The number of carboxylic acid groups (broad SMARTS) is 1. The number of carboxylic acids is 1. The molecule has 5 heteroatoms. The minimum Gasteiger partial charge on any atom is -0.489 e. The van der Waals surface area contributed by atoms with Gasteiger partial charge in [0, 0.05) is 6.54 Å². The molecule has 0 amide bonds. The van der Waals surface area contributed by atoms with Gasteiger partial charge in [-0.15, -0.1) is 0 Å². The normalized spacial score (nSPS) is 13.7. The predicted molar refractivity (Wildman–Crippen MR) is 79.1 cm³/mol. The van der Waals surface area contributed by atoms with Gasteiger partial charge in [-0.05, 0) is 40.9 Å². The van der Waals surface area contributed by atoms with Crippen molar-refractivity contribution in [3.63, 3.8) is 0 Å². The zero-order valence-electron chi connectivity index (χ0n) is 10.9. The third-order valence-electron chi connectivity index (χ3n) is 3.42. The SMILES string of the molecule is O=C(O)c1cccc2c1OCCN2CCc1ccsc1. The summed E-state index contributed by atoms with van der Waals surface area (Å²) >= 11 is 1.70. The zero-order chi connectivity index (χ0) is 13.9. The first kappa shape index (κ1) is 13.0. The Kier molecular flexibility index (Phi) is 3.60. The van der Waals surface area contributed by atoms with Gasteiger partial charge in [-0.2, -0.15) is 11.3 Å². The number of aromatic carboxylic acids is 1. The van der Waals surface area contributed by atoms with Crippen molar-refractivity contribution in [2.45, 2.75) is 6.42 Å². The summed E-state index contributed by atoms with van der Waals surface area (Å²) < 4.78 is 5.56. The monoisotopic (exact) mass is 289 g/mol. The van der Waals surface area contributed by atoms with Crippen molar-refractivity contribution in [3.05, 3.63) is 46.2 Å². The molecule has 1 aromatic carbocycles. The maximum Gasteiger partial charge on any atom is 0.339 e. The maximum absolute atomic E-state index is 11.2. The van der Waals surface area contributed by atoms with Crippen LogP contribution in [0, 0.1) is 0 Å². The zero-order valence-corrected chi connectivity index (χ0v) is 11.7. The Balaban J connectivity index is 1.83. The number of fused-ring (bicyclic) bond motifs is 1. The third kappa shape index (κ3) is 2.49. The van der Waals surface area contributed by atoms with Gasteiger partial charge < -0.3 is 14.7 Å². The summed E-state index contributed by atoms with van der Waals surface area (Å²) in [5.41, 5.74) is 2.44. The van der Waals surface area contributed by atoms with Gasteiger partial charge in [-0.25, -0.2) is 4.79 Å². The summed E-state index contributed by atoms with van der Waals surface area (Å²) in [4.78, 5) is 13.4. The highest BCUT2D eigenvalue weighted by atomic mass is 32.1. The molecule has 2 heterocycles. The van der Waals surface area contributed by atoms with Crippen LogP contribution in [0.5, 0.6) is 5.75 Å². The summed E-state index contributed by atoms with van der Waals surface area (Å²) in [5.74, 6) is -0.446. The van der Waals surface area contributed by atoms with Crippen LogP contribution >= 0.6 is 11.3 Å². The summed E-state index contributed by atoms with van der Waals surface area (Å²) in [5, 5.41) is 13.4. The van der Waals surface area contributed by atoms with Gasteiger partial charge in [0.2, 0.25) is 0 Å². The van der Waals surface area contributed by atoms with E-state index in [0.717, 1.165) is 25.2 Å². The number of anilines is 1. The van der Waals surface area contributed by atoms with E-state index in [2.05, 4.69) is 21.7 Å². The predicted octanol–water partition coefficient (Wildman–Crippen LogP) is 2.89. The highest BCUT2D eigenvalue weighted by Crippen LogP contribution is 2.35. The minimum atomic E-state index is -0.943. The average Bonchev–Trinajstić information content (AvgIpc) is 2.97. The van der Waals surface area contributed by atoms with Crippen LogP contribution in [0.25, 0.3) is 0 Å². The van der Waals surface area contributed by atoms with E-state index in [9.17, 15) is 9.90 Å². The number of thiophene rings is 1. The number of carbonyl (C=O) groups is 1. The molecule has 0 radical (unpaired) electrons. The lowest BCUT2D eigenvalue weighted by Crippen LogP contribution is -2.34. The molecule has 0 saturated carbocycles. The highest BCUT2D eigenvalue weighted by molar-refractivity contribution is 7.07. The topological polar surface area (TPSA) is 49.8 Å². The quantitative estimate of drug-likeness (QED) is 0.940. The Morgan fingerprint density at radius 1 is 1.40 bits per heavy atom. The smallest absolute Gasteiger partial charge is 0.339 e. The van der Waals surface area contributed by atoms with Crippen LogP contribution in [0.15, 0.2) is 35.0 Å². The molecule has 1 N–H and O–H groups in total. The minimum absolute atomic E-state index is 0.239. The Hall–Kier alpha value is -2.01. The molecule has 3 rings (SSSR count). The highest BCUT2D eigenvalue weighted by Gasteiger charge is 2.23. The number of hydrogen-bond acceptors (Lipinski definition) is 4. The van der Waals surface area contributed by atoms with E-state index < -0.39 is 5.97 Å². The van der Waals surface area contributed by atoms with Gasteiger partial charge in [0.1, 0.15) is 12.2 Å². The molecule has 1 aliphatic heterocycles. The Labute approximate surface area is 121 Å². The van der Waals surface area contributed by atoms with Crippen molar-refractivity contribution in [3.8, 4) is 5.75 Å². The molecule has 0 saturated heterocycles. The molecule has 0 spiro atoms. The largest absolute Gasteiger partial charge is 0.489 e. The number of rotatable bonds is 4. The Bertz CT molecular complexity index is 610. The van der Waals surface area contributed by atoms with Crippen LogP contribution in [0.2, 0.25) is 0 Å². The van der Waals surface area contributed by atoms with E-state index >= 15 is 0 Å². The summed E-state index contributed by atoms with van der Waals surface area (Å²) in [6, 6.07) is 7.41. The Morgan fingerprint density at radius 2 is 2.30 bits per heavy atom. The van der Waals surface area contributed by atoms with Gasteiger partial charge in [0.05, 0.1) is 12.2 Å². The number of nitrogens with zero attached hydrogens (tertiary/aromatic N) is 1. The average molecular weight is 289 g/mol. The van der Waals surface area contributed by atoms with Crippen LogP contribution in [0.3, 0.4) is 0 Å². The molecule has 0 aliphatic carbocycles. The second-order valence-corrected chi connectivity index (χ2v) is 5.46. The summed E-state index contributed by atoms with van der Waals surface area (Å²) in [6.45, 7) is 2.19. The Morgan fingerprint density at radius 3 is 3.05 bits per heavy atom. The lowest BCUT2D eigenvalue weighted by atomic mass is 10.1. The molecular weight excluding hydrogens is 274 g/mol. The van der Waals surface area contributed by atoms with Crippen LogP contribution in [-0.4, -0.2) is 30.8 Å². The van der Waals surface area contributed by atoms with E-state index in [-0.39, 0.29) is 5.56 Å². The van der Waals surface area contributed by atoms with Crippen molar-refractivity contribution in [1.82, 2.24) is 0 Å². The fourth-order valence-corrected chi connectivity index (χ4v) is 3.11. The lowest BCUT2D eigenvalue weighted by Gasteiger charge is -2.31. The molecule has 1 aliphatic rings. The molecule has 0 unspecified atom stereocenters. The molecule has 20 heavy (non-hydrogen) atoms. The van der Waals surface area contributed by atoms with E-state index in [1.54, 1.807) is 23.5 Å². The third-order valence-corrected chi connectivity index (χ3v) is 4.16. The first-order valence-corrected chi connectivity index (χ1v) is 7.45. The fraction of sp³-hybridized carbons (Fsp3) is 0.267. The summed E-state index contributed by atoms with van der Waals surface area (Å²) in [7, 11) is 0. The van der Waals surface area contributed by atoms with Crippen molar-refractivity contribution in [2.75, 3.05) is 24.6 Å². The molecule has 0 bridgehead atoms. The van der Waals surface area contributed by atoms with Crippen LogP contribution < -0.4 is 9.64 Å². The molecular formula is C15H15NO3S. The van der Waals surface area contributed by atoms with Gasteiger partial charge in [0.15, 0.2) is 5.75 Å². The lowest BCUT2D eigenvalue weighted by molar-refractivity contribution is 0.0692. The number of benzene rings is 1. The van der Waals surface area contributed by atoms with Gasteiger partial charge in [-0.1, -0.05) is 6.07 Å². The molecule has 2 aromatic rings. The summed E-state index contributed by atoms with van der Waals surface area (Å²) in [6.07, 6.45) is 0.959. The molecule has 0 atom stereocenters. The van der Waals surface area contributed by atoms with Gasteiger partial charge in [-0.3, -0.25) is 0 Å². The van der Waals surface area contributed by atoms with Crippen molar-refractivity contribution in [1.29, 1.82) is 0 Å². The second-order valence-electron chi connectivity index (χ2n) is 4.68. The van der Waals surface area contributed by atoms with E-state index in [1.165, 1.54) is 5.56 Å². The van der Waals surface area contributed by atoms with E-state index in [0.29, 0.717) is 12.4 Å². The molecule has 0 fully saturated rings. The van der Waals surface area contributed by atoms with Crippen LogP contribution in [-0.2, 0) is 6.42 Å². The van der Waals surface area contributed by atoms with Crippen molar-refractivity contribution < 1.29 is 14.6 Å². The molecule has 104 valence electrons. The molecule has 1 aromatic heterocycles. The van der Waals surface area contributed by atoms with E-state index in [1.807, 2.05) is 6.07 Å². The second kappa shape index (κ2) is 5.54.